The molecular formula is C24H16Si2. The van der Waals surface area contributed by atoms with Crippen molar-refractivity contribution in [2.45, 2.75) is 6.42 Å². The van der Waals surface area contributed by atoms with Crippen LogP contribution in [0.1, 0.15) is 10.7 Å². The lowest BCUT2D eigenvalue weighted by Gasteiger charge is -2.13. The maximum atomic E-state index is 2.50. The summed E-state index contributed by atoms with van der Waals surface area (Å²) in [7, 11) is -0.0612. The van der Waals surface area contributed by atoms with Crippen molar-refractivity contribution in [3.63, 3.8) is 0 Å². The minimum absolute atomic E-state index is 0.800. The van der Waals surface area contributed by atoms with Gasteiger partial charge in [-0.3, -0.25) is 0 Å². The highest BCUT2D eigenvalue weighted by atomic mass is 28.2. The largest absolute Gasteiger partial charge is 0.123 e. The van der Waals surface area contributed by atoms with Gasteiger partial charge in [0.15, 0.2) is 0 Å². The standard InChI is InChI=1S/C24H16Si2/c1-2-8-17-16(7-1)15-23-18(17)10-6-14-26(23)22-13-5-12-21-24(22)19-9-3-4-11-20(19)25-21/h1-14H,15H2. The van der Waals surface area contributed by atoms with E-state index < -0.39 is 8.40 Å². The zero-order valence-electron chi connectivity index (χ0n) is 14.3. The van der Waals surface area contributed by atoms with Crippen molar-refractivity contribution in [3.05, 3.63) is 95.3 Å². The van der Waals surface area contributed by atoms with Gasteiger partial charge < -0.3 is 0 Å². The summed E-state index contributed by atoms with van der Waals surface area (Å²) in [5.74, 6) is 0. The summed E-state index contributed by atoms with van der Waals surface area (Å²) < 4.78 is 0. The molecule has 0 bridgehead atoms. The zero-order valence-corrected chi connectivity index (χ0v) is 16.3. The number of hydrogen-bond donors (Lipinski definition) is 0. The highest BCUT2D eigenvalue weighted by Gasteiger charge is 2.26. The van der Waals surface area contributed by atoms with Gasteiger partial charge in [0.25, 0.3) is 0 Å². The third kappa shape index (κ3) is 1.97. The van der Waals surface area contributed by atoms with Crippen LogP contribution in [0, 0.1) is 0 Å². The van der Waals surface area contributed by atoms with Crippen molar-refractivity contribution < 1.29 is 0 Å². The third-order valence-electron chi connectivity index (χ3n) is 5.67. The van der Waals surface area contributed by atoms with E-state index in [0.29, 0.717) is 0 Å². The van der Waals surface area contributed by atoms with Crippen LogP contribution >= 0.6 is 0 Å². The SMILES string of the molecule is c1ccc2c(c1)Cc1c-2ccc[si]1-c1cccc2c1-c1ccccc1[Si]2. The van der Waals surface area contributed by atoms with Gasteiger partial charge in [-0.2, -0.15) is 0 Å². The molecule has 0 N–H and O–H groups in total. The molecule has 120 valence electrons. The molecule has 0 nitrogen and oxygen atoms in total. The Kier molecular flexibility index (Phi) is 3.07. The van der Waals surface area contributed by atoms with Crippen LogP contribution in [0.3, 0.4) is 0 Å². The molecule has 2 radical (unpaired) electrons. The molecule has 26 heavy (non-hydrogen) atoms. The topological polar surface area (TPSA) is 0 Å². The van der Waals surface area contributed by atoms with E-state index in [0.717, 1.165) is 15.9 Å². The van der Waals surface area contributed by atoms with Gasteiger partial charge in [-0.1, -0.05) is 94.9 Å². The first-order valence-corrected chi connectivity index (χ1v) is 11.7. The van der Waals surface area contributed by atoms with Crippen LogP contribution < -0.4 is 10.4 Å². The molecular weight excluding hydrogens is 344 g/mol. The molecule has 1 aliphatic carbocycles. The van der Waals surface area contributed by atoms with Crippen molar-refractivity contribution in [1.82, 2.24) is 0 Å². The lowest BCUT2D eigenvalue weighted by Crippen LogP contribution is -2.20. The Morgan fingerprint density at radius 3 is 2.38 bits per heavy atom. The minimum Gasteiger partial charge on any atom is -0.0734 e. The van der Waals surface area contributed by atoms with Gasteiger partial charge in [0.05, 0.1) is 8.40 Å². The Morgan fingerprint density at radius 2 is 1.42 bits per heavy atom. The van der Waals surface area contributed by atoms with Crippen molar-refractivity contribution in [2.75, 3.05) is 0 Å². The molecule has 1 aromatic heterocycles. The Labute approximate surface area is 157 Å². The van der Waals surface area contributed by atoms with Crippen molar-refractivity contribution in [1.29, 1.82) is 0 Å². The van der Waals surface area contributed by atoms with Crippen LogP contribution in [0.5, 0.6) is 0 Å². The predicted octanol–water partition coefficient (Wildman–Crippen LogP) is 3.91. The third-order valence-corrected chi connectivity index (χ3v) is 9.68. The van der Waals surface area contributed by atoms with E-state index in [1.807, 2.05) is 0 Å². The van der Waals surface area contributed by atoms with Gasteiger partial charge >= 0.3 is 0 Å². The lowest BCUT2D eigenvalue weighted by molar-refractivity contribution is 1.30. The highest BCUT2D eigenvalue weighted by Crippen LogP contribution is 2.38. The summed E-state index contributed by atoms with van der Waals surface area (Å²) in [6.45, 7) is 0. The summed E-state index contributed by atoms with van der Waals surface area (Å²) in [5.41, 5.74) is 9.93. The second-order valence-corrected chi connectivity index (χ2v) is 10.7. The molecule has 6 rings (SSSR count). The van der Waals surface area contributed by atoms with Gasteiger partial charge in [-0.05, 0) is 44.6 Å². The van der Waals surface area contributed by atoms with Crippen molar-refractivity contribution in [3.8, 4) is 27.4 Å². The quantitative estimate of drug-likeness (QED) is 0.390. The van der Waals surface area contributed by atoms with Gasteiger partial charge in [-0.15, -0.1) is 0 Å². The molecule has 3 aromatic carbocycles. The van der Waals surface area contributed by atoms with E-state index in [4.69, 9.17) is 0 Å². The van der Waals surface area contributed by atoms with Crippen LogP contribution in [-0.2, 0) is 6.42 Å². The van der Waals surface area contributed by atoms with Crippen LogP contribution in [0.25, 0.3) is 27.4 Å². The fourth-order valence-corrected chi connectivity index (χ4v) is 8.75. The Balaban J connectivity index is 1.62. The summed E-state index contributed by atoms with van der Waals surface area (Å²) in [6.07, 6.45) is 1.12. The molecule has 0 saturated carbocycles. The van der Waals surface area contributed by atoms with E-state index in [1.165, 1.54) is 38.2 Å². The van der Waals surface area contributed by atoms with Crippen LogP contribution in [-0.4, -0.2) is 17.9 Å². The fraction of sp³-hybridized carbons (Fsp3) is 0.0417. The molecule has 1 aliphatic heterocycles. The molecule has 2 aliphatic rings. The maximum Gasteiger partial charge on any atom is 0.123 e. The van der Waals surface area contributed by atoms with E-state index in [2.05, 4.69) is 84.5 Å². The first-order chi connectivity index (χ1) is 12.9. The highest BCUT2D eigenvalue weighted by molar-refractivity contribution is 6.77. The van der Waals surface area contributed by atoms with Crippen molar-refractivity contribution in [2.24, 2.45) is 0 Å². The van der Waals surface area contributed by atoms with Gasteiger partial charge in [0.1, 0.15) is 9.52 Å². The molecule has 2 heterocycles. The first-order valence-electron chi connectivity index (χ1n) is 9.10. The van der Waals surface area contributed by atoms with Gasteiger partial charge in [0, 0.05) is 0 Å². The predicted molar refractivity (Wildman–Crippen MR) is 112 cm³/mol. The summed E-state index contributed by atoms with van der Waals surface area (Å²) >= 11 is 0. The number of fused-ring (bicyclic) bond motifs is 6. The first kappa shape index (κ1) is 14.6. The normalized spacial score (nSPS) is 13.1. The average molecular weight is 361 g/mol. The smallest absolute Gasteiger partial charge is 0.0734 e. The number of benzene rings is 3. The van der Waals surface area contributed by atoms with E-state index in [9.17, 15) is 0 Å². The molecule has 4 aromatic rings. The monoisotopic (exact) mass is 360 g/mol. The van der Waals surface area contributed by atoms with E-state index in [-0.39, 0.29) is 0 Å². The van der Waals surface area contributed by atoms with Crippen LogP contribution in [0.4, 0.5) is 0 Å². The zero-order chi connectivity index (χ0) is 17.1. The summed E-state index contributed by atoms with van der Waals surface area (Å²) in [4.78, 5) is 0. The molecule has 0 atom stereocenters. The van der Waals surface area contributed by atoms with Crippen LogP contribution in [0.2, 0.25) is 0 Å². The fourth-order valence-electron chi connectivity index (χ4n) is 4.54. The van der Waals surface area contributed by atoms with Crippen molar-refractivity contribution >= 4 is 28.3 Å². The summed E-state index contributed by atoms with van der Waals surface area (Å²) in [5, 5.41) is 6.28. The Hall–Kier alpha value is -2.56. The minimum atomic E-state index is -0.861. The molecule has 0 fully saturated rings. The number of rotatable bonds is 1. The Morgan fingerprint density at radius 1 is 0.654 bits per heavy atom. The Bertz CT molecular complexity index is 1190. The lowest BCUT2D eigenvalue weighted by atomic mass is 10.1. The second-order valence-electron chi connectivity index (χ2n) is 7.06. The second kappa shape index (κ2) is 5.47. The molecule has 2 heteroatoms. The van der Waals surface area contributed by atoms with Gasteiger partial charge in [0.2, 0.25) is 0 Å². The molecule has 0 amide bonds. The number of hydrogen-bond acceptors (Lipinski definition) is 0. The van der Waals surface area contributed by atoms with E-state index >= 15 is 0 Å². The molecule has 0 unspecified atom stereocenters. The summed E-state index contributed by atoms with van der Waals surface area (Å²) in [6, 6.07) is 29.5. The maximum absolute atomic E-state index is 2.50. The molecule has 0 spiro atoms. The van der Waals surface area contributed by atoms with Crippen LogP contribution in [0.15, 0.2) is 84.5 Å². The van der Waals surface area contributed by atoms with E-state index in [1.54, 1.807) is 10.4 Å². The van der Waals surface area contributed by atoms with Gasteiger partial charge in [-0.25, -0.2) is 0 Å². The molecule has 0 saturated heterocycles. The average Bonchev–Trinajstić information content (AvgIpc) is 3.26.